The monoisotopic (exact) mass is 223 g/mol. The lowest BCUT2D eigenvalue weighted by molar-refractivity contribution is -0.145. The molecule has 0 heterocycles. The molecule has 1 saturated carbocycles. The zero-order valence-electron chi connectivity index (χ0n) is 7.77. The van der Waals surface area contributed by atoms with Gasteiger partial charge in [-0.1, -0.05) is 6.92 Å². The summed E-state index contributed by atoms with van der Waals surface area (Å²) in [5.74, 6) is -2.47. The van der Waals surface area contributed by atoms with Gasteiger partial charge in [0.05, 0.1) is 5.41 Å². The summed E-state index contributed by atoms with van der Waals surface area (Å²) < 4.78 is 0. The zero-order chi connectivity index (χ0) is 10.2. The molecule has 0 spiro atoms. The summed E-state index contributed by atoms with van der Waals surface area (Å²) in [5.41, 5.74) is 4.47. The molecule has 1 aliphatic carbocycles. The second-order valence-electron chi connectivity index (χ2n) is 3.49. The highest BCUT2D eigenvalue weighted by molar-refractivity contribution is 5.85. The van der Waals surface area contributed by atoms with E-state index in [4.69, 9.17) is 15.9 Å². The highest BCUT2D eigenvalue weighted by Gasteiger charge is 2.62. The largest absolute Gasteiger partial charge is 0.481 e. The lowest BCUT2D eigenvalue weighted by Crippen LogP contribution is -2.36. The average molecular weight is 224 g/mol. The first-order chi connectivity index (χ1) is 5.95. The van der Waals surface area contributed by atoms with E-state index < -0.39 is 29.3 Å². The van der Waals surface area contributed by atoms with Crippen molar-refractivity contribution < 1.29 is 19.8 Å². The normalized spacial score (nSPS) is 31.4. The van der Waals surface area contributed by atoms with Crippen molar-refractivity contribution in [3.05, 3.63) is 0 Å². The number of aliphatic carboxylic acids is 2. The Bertz CT molecular complexity index is 258. The third-order valence-electron chi connectivity index (χ3n) is 2.91. The van der Waals surface area contributed by atoms with Gasteiger partial charge in [-0.05, 0) is 12.8 Å². The van der Waals surface area contributed by atoms with Crippen LogP contribution in [0.1, 0.15) is 19.8 Å². The maximum atomic E-state index is 10.8. The zero-order valence-corrected chi connectivity index (χ0v) is 8.58. The number of nitrogens with two attached hydrogens (primary N) is 1. The van der Waals surface area contributed by atoms with Crippen LogP contribution in [0.2, 0.25) is 0 Å². The summed E-state index contributed by atoms with van der Waals surface area (Å²) in [6.45, 7) is 1.74. The number of rotatable bonds is 4. The minimum absolute atomic E-state index is 0. The predicted molar refractivity (Wildman–Crippen MR) is 51.3 cm³/mol. The summed E-state index contributed by atoms with van der Waals surface area (Å²) in [5, 5.41) is 17.4. The van der Waals surface area contributed by atoms with Crippen LogP contribution in [0.3, 0.4) is 0 Å². The highest BCUT2D eigenvalue weighted by Crippen LogP contribution is 2.56. The van der Waals surface area contributed by atoms with Crippen molar-refractivity contribution in [2.45, 2.75) is 25.8 Å². The molecule has 0 aliphatic heterocycles. The molecule has 0 aromatic heterocycles. The summed E-state index contributed by atoms with van der Waals surface area (Å²) in [4.78, 5) is 21.3. The van der Waals surface area contributed by atoms with E-state index in [2.05, 4.69) is 0 Å². The lowest BCUT2D eigenvalue weighted by Gasteiger charge is -2.11. The van der Waals surface area contributed by atoms with Crippen molar-refractivity contribution in [2.24, 2.45) is 17.1 Å². The maximum absolute atomic E-state index is 10.8. The third-order valence-corrected chi connectivity index (χ3v) is 2.91. The van der Waals surface area contributed by atoms with E-state index in [0.29, 0.717) is 12.8 Å². The van der Waals surface area contributed by atoms with E-state index in [1.807, 2.05) is 0 Å². The number of carbonyl (C=O) groups is 2. The number of carboxylic acid groups (broad SMARTS) is 2. The fraction of sp³-hybridized carbons (Fsp3) is 0.750. The first-order valence-electron chi connectivity index (χ1n) is 4.17. The van der Waals surface area contributed by atoms with Crippen molar-refractivity contribution in [1.29, 1.82) is 0 Å². The minimum Gasteiger partial charge on any atom is -0.481 e. The van der Waals surface area contributed by atoms with Crippen LogP contribution in [-0.4, -0.2) is 28.2 Å². The van der Waals surface area contributed by atoms with Crippen LogP contribution >= 0.6 is 12.4 Å². The molecule has 0 unspecified atom stereocenters. The van der Waals surface area contributed by atoms with Crippen molar-refractivity contribution in [3.8, 4) is 0 Å². The molecule has 5 nitrogen and oxygen atoms in total. The molecule has 0 radical (unpaired) electrons. The van der Waals surface area contributed by atoms with E-state index in [9.17, 15) is 9.59 Å². The van der Waals surface area contributed by atoms with Gasteiger partial charge in [-0.3, -0.25) is 9.59 Å². The van der Waals surface area contributed by atoms with Gasteiger partial charge in [0.25, 0.3) is 0 Å². The summed E-state index contributed by atoms with van der Waals surface area (Å²) >= 11 is 0. The third kappa shape index (κ3) is 1.83. The van der Waals surface area contributed by atoms with Crippen LogP contribution in [-0.2, 0) is 9.59 Å². The molecule has 0 amide bonds. The molecule has 1 fully saturated rings. The minimum atomic E-state index is -1.12. The van der Waals surface area contributed by atoms with Gasteiger partial charge in [-0.25, -0.2) is 0 Å². The molecule has 0 saturated heterocycles. The lowest BCUT2D eigenvalue weighted by atomic mass is 9.97. The van der Waals surface area contributed by atoms with E-state index in [0.717, 1.165) is 0 Å². The number of carboxylic acids is 2. The van der Waals surface area contributed by atoms with Crippen LogP contribution in [0.5, 0.6) is 0 Å². The first-order valence-corrected chi connectivity index (χ1v) is 4.17. The highest BCUT2D eigenvalue weighted by atomic mass is 35.5. The van der Waals surface area contributed by atoms with Gasteiger partial charge < -0.3 is 15.9 Å². The van der Waals surface area contributed by atoms with E-state index in [1.54, 1.807) is 6.92 Å². The van der Waals surface area contributed by atoms with Crippen LogP contribution < -0.4 is 5.73 Å². The SMILES string of the molecule is CC[C@]1(C(=O)O)C[C@@H]1[C@H](N)C(=O)O.Cl. The van der Waals surface area contributed by atoms with Gasteiger partial charge in [-0.2, -0.15) is 0 Å². The first kappa shape index (κ1) is 13.2. The van der Waals surface area contributed by atoms with Crippen molar-refractivity contribution in [3.63, 3.8) is 0 Å². The van der Waals surface area contributed by atoms with Gasteiger partial charge in [0.1, 0.15) is 6.04 Å². The Hall–Kier alpha value is -0.810. The molecule has 3 atom stereocenters. The molecule has 6 heteroatoms. The summed E-state index contributed by atoms with van der Waals surface area (Å²) in [6, 6.07) is -1.05. The molecule has 0 bridgehead atoms. The average Bonchev–Trinajstić information content (AvgIpc) is 2.78. The molecule has 1 aliphatic rings. The van der Waals surface area contributed by atoms with Crippen molar-refractivity contribution in [2.75, 3.05) is 0 Å². The smallest absolute Gasteiger partial charge is 0.320 e. The Morgan fingerprint density at radius 1 is 1.57 bits per heavy atom. The summed E-state index contributed by atoms with van der Waals surface area (Å²) in [6.07, 6.45) is 0.820. The second-order valence-corrected chi connectivity index (χ2v) is 3.49. The van der Waals surface area contributed by atoms with E-state index >= 15 is 0 Å². The van der Waals surface area contributed by atoms with Gasteiger partial charge >= 0.3 is 11.9 Å². The van der Waals surface area contributed by atoms with Gasteiger partial charge in [-0.15, -0.1) is 12.4 Å². The van der Waals surface area contributed by atoms with Gasteiger partial charge in [0.15, 0.2) is 0 Å². The molecule has 0 aromatic carbocycles. The van der Waals surface area contributed by atoms with Crippen molar-refractivity contribution in [1.82, 2.24) is 0 Å². The van der Waals surface area contributed by atoms with Crippen molar-refractivity contribution >= 4 is 24.3 Å². The second kappa shape index (κ2) is 4.14. The number of hydrogen-bond acceptors (Lipinski definition) is 3. The van der Waals surface area contributed by atoms with Crippen LogP contribution in [0.15, 0.2) is 0 Å². The Morgan fingerprint density at radius 3 is 2.29 bits per heavy atom. The predicted octanol–water partition coefficient (Wildman–Crippen LogP) is 0.321. The Morgan fingerprint density at radius 2 is 2.07 bits per heavy atom. The fourth-order valence-electron chi connectivity index (χ4n) is 1.78. The Labute approximate surface area is 87.7 Å². The van der Waals surface area contributed by atoms with Gasteiger partial charge in [0, 0.05) is 5.92 Å². The quantitative estimate of drug-likeness (QED) is 0.637. The van der Waals surface area contributed by atoms with E-state index in [-0.39, 0.29) is 12.4 Å². The van der Waals surface area contributed by atoms with Gasteiger partial charge in [0.2, 0.25) is 0 Å². The van der Waals surface area contributed by atoms with Crippen LogP contribution in [0.4, 0.5) is 0 Å². The van der Waals surface area contributed by atoms with E-state index in [1.165, 1.54) is 0 Å². The summed E-state index contributed by atoms with van der Waals surface area (Å²) in [7, 11) is 0. The number of hydrogen-bond donors (Lipinski definition) is 3. The Balaban J connectivity index is 0.00000169. The molecule has 0 aromatic rings. The molecule has 4 N–H and O–H groups in total. The molecule has 14 heavy (non-hydrogen) atoms. The maximum Gasteiger partial charge on any atom is 0.320 e. The molecular weight excluding hydrogens is 210 g/mol. The standard InChI is InChI=1S/C8H13NO4.ClH/c1-2-8(7(12)13)3-4(8)5(9)6(10)11;/h4-5H,2-3,9H2,1H3,(H,10,11)(H,12,13);1H/t4-,5+,8+;/m1./s1. The Kier molecular flexibility index (Phi) is 3.91. The topological polar surface area (TPSA) is 101 Å². The fourth-order valence-corrected chi connectivity index (χ4v) is 1.78. The van der Waals surface area contributed by atoms with Crippen LogP contribution in [0.25, 0.3) is 0 Å². The molecule has 1 rings (SSSR count). The molecule has 82 valence electrons. The molecular formula is C8H14ClNO4. The number of halogens is 1. The van der Waals surface area contributed by atoms with Crippen LogP contribution in [0, 0.1) is 11.3 Å².